The topological polar surface area (TPSA) is 73.6 Å². The van der Waals surface area contributed by atoms with Gasteiger partial charge in [-0.15, -0.1) is 0 Å². The Labute approximate surface area is 161 Å². The quantitative estimate of drug-likeness (QED) is 0.476. The molecule has 0 saturated heterocycles. The Kier molecular flexibility index (Phi) is 5.68. The molecule has 0 N–H and O–H groups in total. The summed E-state index contributed by atoms with van der Waals surface area (Å²) in [6.07, 6.45) is -2.09. The minimum atomic E-state index is -4.46. The van der Waals surface area contributed by atoms with E-state index in [0.29, 0.717) is 17.5 Å². The highest BCUT2D eigenvalue weighted by molar-refractivity contribution is 7.99. The summed E-state index contributed by atoms with van der Waals surface area (Å²) in [5, 5.41) is 0.266. The molecule has 0 aliphatic carbocycles. The third-order valence-electron chi connectivity index (χ3n) is 3.64. The zero-order valence-corrected chi connectivity index (χ0v) is 15.4. The molecule has 0 aromatic carbocycles. The molecule has 0 saturated carbocycles. The highest BCUT2D eigenvalue weighted by Gasteiger charge is 2.30. The van der Waals surface area contributed by atoms with Crippen LogP contribution in [0, 0.1) is 6.92 Å². The van der Waals surface area contributed by atoms with Crippen LogP contribution in [0.25, 0.3) is 5.65 Å². The van der Waals surface area contributed by atoms with Gasteiger partial charge in [-0.3, -0.25) is 14.0 Å². The van der Waals surface area contributed by atoms with E-state index in [1.165, 1.54) is 16.5 Å². The van der Waals surface area contributed by atoms with Crippen LogP contribution in [0.15, 0.2) is 52.5 Å². The number of alkyl halides is 3. The number of aryl methyl sites for hydroxylation is 1. The van der Waals surface area contributed by atoms with Crippen molar-refractivity contribution in [3.05, 3.63) is 69.9 Å². The standard InChI is InChI=1S/C18H14F3N3O3S/c1-11-2-4-14-23-13(6-16(25)24(14)8-11)9-27-17(26)10-28-15-5-3-12(7-22-15)18(19,20)21/h2-8H,9-10H2,1H3. The summed E-state index contributed by atoms with van der Waals surface area (Å²) in [4.78, 5) is 31.9. The van der Waals surface area contributed by atoms with Gasteiger partial charge in [0.25, 0.3) is 5.56 Å². The highest BCUT2D eigenvalue weighted by Crippen LogP contribution is 2.29. The minimum Gasteiger partial charge on any atom is -0.459 e. The summed E-state index contributed by atoms with van der Waals surface area (Å²) in [7, 11) is 0. The molecule has 3 heterocycles. The van der Waals surface area contributed by atoms with E-state index in [0.717, 1.165) is 23.4 Å². The summed E-state index contributed by atoms with van der Waals surface area (Å²) < 4.78 is 43.9. The number of carbonyl (C=O) groups excluding carboxylic acids is 1. The molecule has 0 fully saturated rings. The van der Waals surface area contributed by atoms with Crippen molar-refractivity contribution in [1.82, 2.24) is 14.4 Å². The van der Waals surface area contributed by atoms with Gasteiger partial charge in [0.2, 0.25) is 0 Å². The molecule has 0 atom stereocenters. The van der Waals surface area contributed by atoms with Gasteiger partial charge in [-0.2, -0.15) is 13.2 Å². The van der Waals surface area contributed by atoms with E-state index in [2.05, 4.69) is 9.97 Å². The lowest BCUT2D eigenvalue weighted by Crippen LogP contribution is -2.17. The fraction of sp³-hybridized carbons (Fsp3) is 0.222. The summed E-state index contributed by atoms with van der Waals surface area (Å²) in [5.74, 6) is -0.734. The molecule has 0 spiro atoms. The maximum atomic E-state index is 12.5. The molecule has 3 aromatic rings. The second kappa shape index (κ2) is 8.01. The highest BCUT2D eigenvalue weighted by atomic mass is 32.2. The zero-order chi connectivity index (χ0) is 20.3. The summed E-state index contributed by atoms with van der Waals surface area (Å²) in [6.45, 7) is 1.67. The van der Waals surface area contributed by atoms with Gasteiger partial charge in [0.05, 0.1) is 22.0 Å². The van der Waals surface area contributed by atoms with E-state index in [9.17, 15) is 22.8 Å². The van der Waals surface area contributed by atoms with Crippen LogP contribution in [-0.2, 0) is 22.3 Å². The summed E-state index contributed by atoms with van der Waals surface area (Å²) in [6, 6.07) is 6.87. The number of fused-ring (bicyclic) bond motifs is 1. The molecule has 146 valence electrons. The Morgan fingerprint density at radius 1 is 1.25 bits per heavy atom. The smallest absolute Gasteiger partial charge is 0.417 e. The lowest BCUT2D eigenvalue weighted by Gasteiger charge is -2.07. The number of pyridine rings is 2. The number of halogens is 3. The number of hydrogen-bond acceptors (Lipinski definition) is 6. The van der Waals surface area contributed by atoms with Crippen molar-refractivity contribution in [2.24, 2.45) is 0 Å². The molecule has 3 aromatic heterocycles. The fourth-order valence-electron chi connectivity index (χ4n) is 2.29. The molecule has 0 aliphatic heterocycles. The molecule has 0 bridgehead atoms. The maximum absolute atomic E-state index is 12.5. The Bertz CT molecular complexity index is 1070. The van der Waals surface area contributed by atoms with Gasteiger partial charge in [-0.25, -0.2) is 9.97 Å². The Morgan fingerprint density at radius 2 is 2.04 bits per heavy atom. The first-order valence-corrected chi connectivity index (χ1v) is 9.01. The molecule has 0 aliphatic rings. The van der Waals surface area contributed by atoms with Crippen LogP contribution in [0.2, 0.25) is 0 Å². The number of thioether (sulfide) groups is 1. The van der Waals surface area contributed by atoms with Crippen LogP contribution < -0.4 is 5.56 Å². The van der Waals surface area contributed by atoms with Gasteiger partial charge in [0.1, 0.15) is 12.3 Å². The Morgan fingerprint density at radius 3 is 2.71 bits per heavy atom. The summed E-state index contributed by atoms with van der Waals surface area (Å²) >= 11 is 0.951. The van der Waals surface area contributed by atoms with Crippen molar-refractivity contribution in [3.63, 3.8) is 0 Å². The van der Waals surface area contributed by atoms with Crippen LogP contribution in [0.3, 0.4) is 0 Å². The first kappa shape index (κ1) is 19.9. The van der Waals surface area contributed by atoms with Crippen molar-refractivity contribution in [2.45, 2.75) is 24.7 Å². The second-order valence-corrected chi connectivity index (χ2v) is 6.85. The van der Waals surface area contributed by atoms with E-state index in [1.54, 1.807) is 12.3 Å². The van der Waals surface area contributed by atoms with Crippen molar-refractivity contribution >= 4 is 23.4 Å². The number of esters is 1. The van der Waals surface area contributed by atoms with Crippen molar-refractivity contribution in [3.8, 4) is 0 Å². The van der Waals surface area contributed by atoms with Gasteiger partial charge in [-0.05, 0) is 30.7 Å². The van der Waals surface area contributed by atoms with Crippen molar-refractivity contribution in [1.29, 1.82) is 0 Å². The normalized spacial score (nSPS) is 11.6. The van der Waals surface area contributed by atoms with E-state index >= 15 is 0 Å². The first-order chi connectivity index (χ1) is 13.2. The van der Waals surface area contributed by atoms with Crippen molar-refractivity contribution < 1.29 is 22.7 Å². The Hall–Kier alpha value is -2.88. The molecular formula is C18H14F3N3O3S. The first-order valence-electron chi connectivity index (χ1n) is 8.03. The molecule has 3 rings (SSSR count). The van der Waals surface area contributed by atoms with Crippen molar-refractivity contribution in [2.75, 3.05) is 5.75 Å². The van der Waals surface area contributed by atoms with E-state index < -0.39 is 17.7 Å². The number of aromatic nitrogens is 3. The third-order valence-corrected chi connectivity index (χ3v) is 4.56. The molecular weight excluding hydrogens is 395 g/mol. The predicted molar refractivity (Wildman–Crippen MR) is 96.0 cm³/mol. The van der Waals surface area contributed by atoms with E-state index in [4.69, 9.17) is 4.74 Å². The SMILES string of the molecule is Cc1ccc2nc(COC(=O)CSc3ccc(C(F)(F)F)cn3)cc(=O)n2c1. The number of rotatable bonds is 5. The predicted octanol–water partition coefficient (Wildman–Crippen LogP) is 3.25. The second-order valence-electron chi connectivity index (χ2n) is 5.85. The van der Waals surface area contributed by atoms with E-state index in [1.807, 2.05) is 13.0 Å². The molecule has 6 nitrogen and oxygen atoms in total. The number of nitrogens with zero attached hydrogens (tertiary/aromatic N) is 3. The lowest BCUT2D eigenvalue weighted by atomic mass is 10.3. The van der Waals surface area contributed by atoms with Crippen LogP contribution in [-0.4, -0.2) is 26.1 Å². The lowest BCUT2D eigenvalue weighted by molar-refractivity contribution is -0.142. The average molecular weight is 409 g/mol. The Balaban J connectivity index is 1.56. The summed E-state index contributed by atoms with van der Waals surface area (Å²) in [5.41, 5.74) is 0.503. The van der Waals surface area contributed by atoms with E-state index in [-0.39, 0.29) is 22.9 Å². The van der Waals surface area contributed by atoms with Crippen LogP contribution in [0.4, 0.5) is 13.2 Å². The number of ether oxygens (including phenoxy) is 1. The number of carbonyl (C=O) groups is 1. The number of hydrogen-bond donors (Lipinski definition) is 0. The molecule has 0 amide bonds. The van der Waals surface area contributed by atoms with Gasteiger partial charge in [0, 0.05) is 18.5 Å². The van der Waals surface area contributed by atoms with Crippen LogP contribution in [0.5, 0.6) is 0 Å². The zero-order valence-electron chi connectivity index (χ0n) is 14.6. The maximum Gasteiger partial charge on any atom is 0.417 e. The molecule has 10 heteroatoms. The fourth-order valence-corrected chi connectivity index (χ4v) is 2.94. The van der Waals surface area contributed by atoms with Gasteiger partial charge < -0.3 is 4.74 Å². The molecule has 28 heavy (non-hydrogen) atoms. The average Bonchev–Trinajstić information content (AvgIpc) is 2.65. The monoisotopic (exact) mass is 409 g/mol. The van der Waals surface area contributed by atoms with Crippen LogP contribution in [0.1, 0.15) is 16.8 Å². The minimum absolute atomic E-state index is 0.135. The molecule has 0 unspecified atom stereocenters. The van der Waals surface area contributed by atoms with Gasteiger partial charge in [-0.1, -0.05) is 17.8 Å². The molecule has 0 radical (unpaired) electrons. The van der Waals surface area contributed by atoms with Gasteiger partial charge >= 0.3 is 12.1 Å². The largest absolute Gasteiger partial charge is 0.459 e. The van der Waals surface area contributed by atoms with Crippen LogP contribution >= 0.6 is 11.8 Å². The third kappa shape index (κ3) is 4.89. The van der Waals surface area contributed by atoms with Gasteiger partial charge in [0.15, 0.2) is 0 Å².